The molecule has 0 heterocycles. The summed E-state index contributed by atoms with van der Waals surface area (Å²) in [6.07, 6.45) is 5.46. The fraction of sp³-hybridized carbons (Fsp3) is 0.278. The van der Waals surface area contributed by atoms with Gasteiger partial charge in [0, 0.05) is 25.6 Å². The number of Topliss-reactive ketones (excluding diaryl/α,β-unsaturated/α-hetero) is 1. The summed E-state index contributed by atoms with van der Waals surface area (Å²) in [7, 11) is 0. The molecule has 0 amide bonds. The molecule has 4 heteroatoms. The van der Waals surface area contributed by atoms with Crippen molar-refractivity contribution in [2.24, 2.45) is 0 Å². The van der Waals surface area contributed by atoms with Crippen LogP contribution in [0, 0.1) is 11.6 Å². The van der Waals surface area contributed by atoms with Crippen molar-refractivity contribution < 1.29 is 13.6 Å². The zero-order valence-electron chi connectivity index (χ0n) is 12.8. The second-order valence-corrected chi connectivity index (χ2v) is 4.85. The minimum atomic E-state index is -0.814. The van der Waals surface area contributed by atoms with Crippen molar-refractivity contribution >= 4 is 5.78 Å². The van der Waals surface area contributed by atoms with Crippen molar-refractivity contribution in [1.29, 1.82) is 0 Å². The van der Waals surface area contributed by atoms with E-state index in [0.29, 0.717) is 13.1 Å². The maximum atomic E-state index is 13.6. The van der Waals surface area contributed by atoms with E-state index in [1.807, 2.05) is 13.0 Å². The molecule has 1 aromatic carbocycles. The summed E-state index contributed by atoms with van der Waals surface area (Å²) in [5.41, 5.74) is 0.931. The van der Waals surface area contributed by atoms with Crippen LogP contribution in [0.4, 0.5) is 8.78 Å². The zero-order valence-corrected chi connectivity index (χ0v) is 12.8. The van der Waals surface area contributed by atoms with Gasteiger partial charge in [0.1, 0.15) is 11.6 Å². The Balaban J connectivity index is 2.66. The lowest BCUT2D eigenvalue weighted by molar-refractivity contribution is 0.0963. The number of hydrogen-bond acceptors (Lipinski definition) is 2. The predicted octanol–water partition coefficient (Wildman–Crippen LogP) is 4.16. The summed E-state index contributed by atoms with van der Waals surface area (Å²) in [5.74, 6) is -1.83. The molecule has 0 aliphatic heterocycles. The third-order valence-electron chi connectivity index (χ3n) is 3.33. The smallest absolute Gasteiger partial charge is 0.167 e. The van der Waals surface area contributed by atoms with E-state index in [9.17, 15) is 13.6 Å². The second kappa shape index (κ2) is 9.05. The maximum Gasteiger partial charge on any atom is 0.167 e. The lowest BCUT2D eigenvalue weighted by Crippen LogP contribution is -2.28. The van der Waals surface area contributed by atoms with Crippen LogP contribution in [-0.4, -0.2) is 30.3 Å². The summed E-state index contributed by atoms with van der Waals surface area (Å²) in [6, 6.07) is 3.01. The highest BCUT2D eigenvalue weighted by molar-refractivity contribution is 5.96. The average molecular weight is 305 g/mol. The monoisotopic (exact) mass is 305 g/mol. The van der Waals surface area contributed by atoms with Crippen LogP contribution in [-0.2, 0) is 0 Å². The predicted molar refractivity (Wildman–Crippen MR) is 85.9 cm³/mol. The number of ketones is 1. The molecular formula is C18H21F2NO. The van der Waals surface area contributed by atoms with Crippen molar-refractivity contribution in [3.8, 4) is 0 Å². The number of rotatable bonds is 9. The van der Waals surface area contributed by atoms with Crippen LogP contribution in [0.15, 0.2) is 55.2 Å². The van der Waals surface area contributed by atoms with Crippen molar-refractivity contribution in [3.63, 3.8) is 0 Å². The number of halogens is 2. The van der Waals surface area contributed by atoms with Gasteiger partial charge in [-0.15, -0.1) is 0 Å². The van der Waals surface area contributed by atoms with Crippen LogP contribution in [0.3, 0.4) is 0 Å². The van der Waals surface area contributed by atoms with Crippen LogP contribution >= 0.6 is 0 Å². The lowest BCUT2D eigenvalue weighted by atomic mass is 10.1. The Bertz CT molecular complexity index is 578. The van der Waals surface area contributed by atoms with E-state index in [0.717, 1.165) is 24.3 Å². The Kier molecular flexibility index (Phi) is 7.40. The largest absolute Gasteiger partial charge is 0.299 e. The molecule has 0 radical (unpaired) electrons. The molecule has 1 aromatic rings. The summed E-state index contributed by atoms with van der Waals surface area (Å²) in [5, 5.41) is 0. The van der Waals surface area contributed by atoms with Gasteiger partial charge in [0.2, 0.25) is 0 Å². The van der Waals surface area contributed by atoms with Gasteiger partial charge in [-0.25, -0.2) is 8.78 Å². The van der Waals surface area contributed by atoms with E-state index in [1.54, 1.807) is 12.2 Å². The first-order valence-electron chi connectivity index (χ1n) is 7.16. The van der Waals surface area contributed by atoms with Crippen LogP contribution in [0.5, 0.6) is 0 Å². The van der Waals surface area contributed by atoms with E-state index in [2.05, 4.69) is 18.1 Å². The minimum Gasteiger partial charge on any atom is -0.299 e. The third-order valence-corrected chi connectivity index (χ3v) is 3.33. The summed E-state index contributed by atoms with van der Waals surface area (Å²) >= 11 is 0. The molecule has 0 saturated heterocycles. The molecule has 0 spiro atoms. The van der Waals surface area contributed by atoms with Gasteiger partial charge >= 0.3 is 0 Å². The first kappa shape index (κ1) is 18.0. The number of carbonyl (C=O) groups is 1. The van der Waals surface area contributed by atoms with Gasteiger partial charge in [0.05, 0.1) is 5.56 Å². The number of hydrogen-bond donors (Lipinski definition) is 0. The van der Waals surface area contributed by atoms with Crippen LogP contribution < -0.4 is 0 Å². The Morgan fingerprint density at radius 3 is 2.59 bits per heavy atom. The number of nitrogens with zero attached hydrogens (tertiary/aromatic N) is 1. The zero-order chi connectivity index (χ0) is 16.5. The van der Waals surface area contributed by atoms with Gasteiger partial charge in [0.25, 0.3) is 0 Å². The number of carbonyl (C=O) groups excluding carboxylic acids is 1. The van der Waals surface area contributed by atoms with Gasteiger partial charge in [-0.2, -0.15) is 0 Å². The van der Waals surface area contributed by atoms with Crippen LogP contribution in [0.2, 0.25) is 0 Å². The van der Waals surface area contributed by atoms with Crippen LogP contribution in [0.25, 0.3) is 0 Å². The molecule has 118 valence electrons. The van der Waals surface area contributed by atoms with Gasteiger partial charge in [0.15, 0.2) is 5.78 Å². The third kappa shape index (κ3) is 5.37. The SMILES string of the molecule is C=C/C=C(\C=C)CN(CC)CCC(=O)c1ccc(F)cc1F. The molecule has 2 nitrogen and oxygen atoms in total. The van der Waals surface area contributed by atoms with Crippen molar-refractivity contribution in [2.75, 3.05) is 19.6 Å². The standard InChI is InChI=1S/C18H21F2NO/c1-4-7-14(5-2)13-21(6-3)11-10-18(22)16-9-8-15(19)12-17(16)20/h4-5,7-9,12H,1-2,6,10-11,13H2,3H3/b14-7+. The van der Waals surface area contributed by atoms with E-state index in [1.165, 1.54) is 6.07 Å². The normalized spacial score (nSPS) is 11.5. The number of likely N-dealkylation sites (N-methyl/N-ethyl adjacent to an activating group) is 1. The van der Waals surface area contributed by atoms with E-state index in [-0.39, 0.29) is 17.8 Å². The first-order valence-corrected chi connectivity index (χ1v) is 7.16. The highest BCUT2D eigenvalue weighted by Crippen LogP contribution is 2.12. The Hall–Kier alpha value is -2.07. The summed E-state index contributed by atoms with van der Waals surface area (Å²) in [6.45, 7) is 11.3. The second-order valence-electron chi connectivity index (χ2n) is 4.85. The summed E-state index contributed by atoms with van der Waals surface area (Å²) in [4.78, 5) is 14.1. The Labute approximate surface area is 130 Å². The Morgan fingerprint density at radius 1 is 1.32 bits per heavy atom. The molecule has 0 aliphatic carbocycles. The minimum absolute atomic E-state index is 0.0666. The molecule has 0 saturated carbocycles. The quantitative estimate of drug-likeness (QED) is 0.504. The van der Waals surface area contributed by atoms with Gasteiger partial charge < -0.3 is 0 Å². The van der Waals surface area contributed by atoms with E-state index >= 15 is 0 Å². The molecule has 0 fully saturated rings. The average Bonchev–Trinajstić information content (AvgIpc) is 2.50. The molecule has 0 N–H and O–H groups in total. The molecule has 22 heavy (non-hydrogen) atoms. The fourth-order valence-electron chi connectivity index (χ4n) is 2.05. The van der Waals surface area contributed by atoms with Crippen molar-refractivity contribution in [1.82, 2.24) is 4.90 Å². The summed E-state index contributed by atoms with van der Waals surface area (Å²) < 4.78 is 26.4. The highest BCUT2D eigenvalue weighted by Gasteiger charge is 2.14. The highest BCUT2D eigenvalue weighted by atomic mass is 19.1. The lowest BCUT2D eigenvalue weighted by Gasteiger charge is -2.20. The molecular weight excluding hydrogens is 284 g/mol. The molecule has 0 atom stereocenters. The number of allylic oxidation sites excluding steroid dienone is 2. The first-order chi connectivity index (χ1) is 10.5. The van der Waals surface area contributed by atoms with Gasteiger partial charge in [-0.05, 0) is 24.3 Å². The topological polar surface area (TPSA) is 20.3 Å². The molecule has 0 bridgehead atoms. The fourth-order valence-corrected chi connectivity index (χ4v) is 2.05. The van der Waals surface area contributed by atoms with E-state index < -0.39 is 11.6 Å². The van der Waals surface area contributed by atoms with Crippen molar-refractivity contribution in [3.05, 3.63) is 72.4 Å². The molecule has 0 aromatic heterocycles. The van der Waals surface area contributed by atoms with Gasteiger partial charge in [-0.1, -0.05) is 38.3 Å². The Morgan fingerprint density at radius 2 is 2.05 bits per heavy atom. The van der Waals surface area contributed by atoms with E-state index in [4.69, 9.17) is 0 Å². The maximum absolute atomic E-state index is 13.6. The number of benzene rings is 1. The van der Waals surface area contributed by atoms with Crippen molar-refractivity contribution in [2.45, 2.75) is 13.3 Å². The van der Waals surface area contributed by atoms with Gasteiger partial charge in [-0.3, -0.25) is 9.69 Å². The van der Waals surface area contributed by atoms with Crippen LogP contribution in [0.1, 0.15) is 23.7 Å². The molecule has 0 aliphatic rings. The molecule has 0 unspecified atom stereocenters. The molecule has 1 rings (SSSR count).